The van der Waals surface area contributed by atoms with Crippen molar-refractivity contribution in [3.05, 3.63) is 29.8 Å². The predicted molar refractivity (Wildman–Crippen MR) is 103 cm³/mol. The average molecular weight is 417 g/mol. The van der Waals surface area contributed by atoms with E-state index >= 15 is 0 Å². The van der Waals surface area contributed by atoms with Crippen molar-refractivity contribution in [2.75, 3.05) is 13.2 Å². The Labute approximate surface area is 151 Å². The van der Waals surface area contributed by atoms with Crippen LogP contribution in [0.1, 0.15) is 39.2 Å². The number of aliphatic imine (C=N–C) groups is 1. The molecule has 0 radical (unpaired) electrons. The number of nitrogens with one attached hydrogen (secondary N) is 2. The van der Waals surface area contributed by atoms with Crippen LogP contribution >= 0.6 is 24.0 Å². The van der Waals surface area contributed by atoms with E-state index < -0.39 is 0 Å². The number of guanidine groups is 1. The number of ether oxygens (including phenoxy) is 1. The van der Waals surface area contributed by atoms with Gasteiger partial charge in [-0.25, -0.2) is 4.99 Å². The van der Waals surface area contributed by atoms with Gasteiger partial charge in [0.1, 0.15) is 5.75 Å². The maximum absolute atomic E-state index is 5.66. The molecule has 0 aromatic heterocycles. The number of halogens is 1. The largest absolute Gasteiger partial charge is 0.494 e. The Kier molecular flexibility index (Phi) is 8.60. The number of benzene rings is 1. The van der Waals surface area contributed by atoms with Crippen molar-refractivity contribution in [1.82, 2.24) is 10.6 Å². The summed E-state index contributed by atoms with van der Waals surface area (Å²) >= 11 is 0. The Hall–Kier alpha value is -0.980. The molecule has 0 aliphatic heterocycles. The van der Waals surface area contributed by atoms with E-state index in [4.69, 9.17) is 4.74 Å². The fourth-order valence-corrected chi connectivity index (χ4v) is 2.14. The summed E-state index contributed by atoms with van der Waals surface area (Å²) in [6.07, 6.45) is 2.27. The highest BCUT2D eigenvalue weighted by molar-refractivity contribution is 14.0. The molecule has 0 heterocycles. The molecule has 2 unspecified atom stereocenters. The van der Waals surface area contributed by atoms with Crippen molar-refractivity contribution in [3.8, 4) is 5.75 Å². The molecule has 2 rings (SSSR count). The van der Waals surface area contributed by atoms with Gasteiger partial charge in [-0.15, -0.1) is 24.0 Å². The van der Waals surface area contributed by atoms with Gasteiger partial charge >= 0.3 is 0 Å². The SMILES string of the molecule is CCCOc1cccc(CN=C(NCC)NC2CC2C)c1.I. The van der Waals surface area contributed by atoms with Gasteiger partial charge in [-0.2, -0.15) is 0 Å². The molecule has 0 bridgehead atoms. The van der Waals surface area contributed by atoms with Crippen molar-refractivity contribution in [2.24, 2.45) is 10.9 Å². The van der Waals surface area contributed by atoms with E-state index in [1.165, 1.54) is 12.0 Å². The number of nitrogens with zero attached hydrogens (tertiary/aromatic N) is 1. The van der Waals surface area contributed by atoms with Crippen molar-refractivity contribution in [2.45, 2.75) is 46.2 Å². The van der Waals surface area contributed by atoms with Crippen molar-refractivity contribution >= 4 is 29.9 Å². The lowest BCUT2D eigenvalue weighted by Crippen LogP contribution is -2.39. The first-order valence-corrected chi connectivity index (χ1v) is 7.99. The minimum absolute atomic E-state index is 0. The van der Waals surface area contributed by atoms with Crippen LogP contribution in [0.25, 0.3) is 0 Å². The van der Waals surface area contributed by atoms with E-state index in [9.17, 15) is 0 Å². The molecule has 1 aliphatic carbocycles. The van der Waals surface area contributed by atoms with Gasteiger partial charge in [-0.3, -0.25) is 0 Å². The second-order valence-corrected chi connectivity index (χ2v) is 5.65. The summed E-state index contributed by atoms with van der Waals surface area (Å²) in [5.41, 5.74) is 1.17. The van der Waals surface area contributed by atoms with E-state index in [-0.39, 0.29) is 24.0 Å². The van der Waals surface area contributed by atoms with Crippen LogP contribution < -0.4 is 15.4 Å². The predicted octanol–water partition coefficient (Wildman–Crippen LogP) is 3.56. The molecule has 2 N–H and O–H groups in total. The fraction of sp³-hybridized carbons (Fsp3) is 0.588. The van der Waals surface area contributed by atoms with Gasteiger partial charge in [0, 0.05) is 12.6 Å². The van der Waals surface area contributed by atoms with Gasteiger partial charge in [-0.1, -0.05) is 26.0 Å². The molecule has 1 aromatic carbocycles. The van der Waals surface area contributed by atoms with E-state index in [1.807, 2.05) is 12.1 Å². The monoisotopic (exact) mass is 417 g/mol. The van der Waals surface area contributed by atoms with Gasteiger partial charge in [0.05, 0.1) is 13.2 Å². The Morgan fingerprint density at radius 3 is 2.77 bits per heavy atom. The van der Waals surface area contributed by atoms with Crippen LogP contribution in [0.3, 0.4) is 0 Å². The molecule has 22 heavy (non-hydrogen) atoms. The Morgan fingerprint density at radius 2 is 2.14 bits per heavy atom. The topological polar surface area (TPSA) is 45.6 Å². The molecule has 1 saturated carbocycles. The molecule has 1 fully saturated rings. The number of hydrogen-bond acceptors (Lipinski definition) is 2. The van der Waals surface area contributed by atoms with Crippen LogP contribution in [0.15, 0.2) is 29.3 Å². The van der Waals surface area contributed by atoms with E-state index in [2.05, 4.69) is 48.5 Å². The molecule has 124 valence electrons. The van der Waals surface area contributed by atoms with Crippen molar-refractivity contribution in [3.63, 3.8) is 0 Å². The molecule has 1 aliphatic rings. The normalized spacial score (nSPS) is 20.0. The third kappa shape index (κ3) is 6.42. The first-order valence-electron chi connectivity index (χ1n) is 7.99. The zero-order valence-corrected chi connectivity index (χ0v) is 16.1. The van der Waals surface area contributed by atoms with Crippen LogP contribution in [-0.2, 0) is 6.54 Å². The highest BCUT2D eigenvalue weighted by atomic mass is 127. The van der Waals surface area contributed by atoms with Crippen molar-refractivity contribution < 1.29 is 4.74 Å². The summed E-state index contributed by atoms with van der Waals surface area (Å²) in [5, 5.41) is 6.77. The molecule has 5 heteroatoms. The summed E-state index contributed by atoms with van der Waals surface area (Å²) in [4.78, 5) is 4.66. The average Bonchev–Trinajstić information content (AvgIpc) is 3.18. The van der Waals surface area contributed by atoms with E-state index in [0.717, 1.165) is 37.2 Å². The summed E-state index contributed by atoms with van der Waals surface area (Å²) in [5.74, 6) is 2.60. The van der Waals surface area contributed by atoms with Crippen LogP contribution in [0.5, 0.6) is 5.75 Å². The molecule has 0 spiro atoms. The highest BCUT2D eigenvalue weighted by Crippen LogP contribution is 2.28. The van der Waals surface area contributed by atoms with Crippen LogP contribution in [0, 0.1) is 5.92 Å². The maximum atomic E-state index is 5.66. The fourth-order valence-electron chi connectivity index (χ4n) is 2.14. The number of hydrogen-bond donors (Lipinski definition) is 2. The minimum Gasteiger partial charge on any atom is -0.494 e. The molecular weight excluding hydrogens is 389 g/mol. The van der Waals surface area contributed by atoms with Gasteiger partial charge in [0.2, 0.25) is 0 Å². The molecule has 2 atom stereocenters. The second-order valence-electron chi connectivity index (χ2n) is 5.65. The molecule has 1 aromatic rings. The third-order valence-corrected chi connectivity index (χ3v) is 3.57. The first-order chi connectivity index (χ1) is 10.2. The Balaban J connectivity index is 0.00000242. The zero-order chi connectivity index (χ0) is 15.1. The summed E-state index contributed by atoms with van der Waals surface area (Å²) in [6.45, 7) is 8.77. The lowest BCUT2D eigenvalue weighted by atomic mass is 10.2. The first kappa shape index (κ1) is 19.1. The van der Waals surface area contributed by atoms with Gasteiger partial charge in [-0.05, 0) is 43.4 Å². The summed E-state index contributed by atoms with van der Waals surface area (Å²) in [7, 11) is 0. The number of rotatable bonds is 7. The maximum Gasteiger partial charge on any atom is 0.191 e. The Morgan fingerprint density at radius 1 is 1.36 bits per heavy atom. The van der Waals surface area contributed by atoms with Gasteiger partial charge < -0.3 is 15.4 Å². The van der Waals surface area contributed by atoms with Crippen LogP contribution in [0.4, 0.5) is 0 Å². The lowest BCUT2D eigenvalue weighted by Gasteiger charge is -2.11. The van der Waals surface area contributed by atoms with Crippen LogP contribution in [0.2, 0.25) is 0 Å². The molecule has 4 nitrogen and oxygen atoms in total. The standard InChI is InChI=1S/C17H27N3O.HI/c1-4-9-21-15-8-6-7-14(11-15)12-19-17(18-5-2)20-16-10-13(16)3;/h6-8,11,13,16H,4-5,9-10,12H2,1-3H3,(H2,18,19,20);1H. The minimum atomic E-state index is 0. The smallest absolute Gasteiger partial charge is 0.191 e. The second kappa shape index (κ2) is 9.92. The quantitative estimate of drug-likeness (QED) is 0.405. The van der Waals surface area contributed by atoms with E-state index in [0.29, 0.717) is 12.6 Å². The zero-order valence-electron chi connectivity index (χ0n) is 13.8. The highest BCUT2D eigenvalue weighted by Gasteiger charge is 2.33. The third-order valence-electron chi connectivity index (χ3n) is 3.57. The summed E-state index contributed by atoms with van der Waals surface area (Å²) < 4.78 is 5.66. The molecular formula is C17H28IN3O. The van der Waals surface area contributed by atoms with Crippen LogP contribution in [-0.4, -0.2) is 25.2 Å². The lowest BCUT2D eigenvalue weighted by molar-refractivity contribution is 0.317. The Bertz CT molecular complexity index is 479. The summed E-state index contributed by atoms with van der Waals surface area (Å²) in [6, 6.07) is 8.77. The molecule has 0 amide bonds. The van der Waals surface area contributed by atoms with Gasteiger partial charge in [0.15, 0.2) is 5.96 Å². The van der Waals surface area contributed by atoms with Gasteiger partial charge in [0.25, 0.3) is 0 Å². The molecule has 0 saturated heterocycles. The van der Waals surface area contributed by atoms with Crippen molar-refractivity contribution in [1.29, 1.82) is 0 Å². The van der Waals surface area contributed by atoms with E-state index in [1.54, 1.807) is 0 Å².